The van der Waals surface area contributed by atoms with Crippen molar-refractivity contribution in [1.29, 1.82) is 5.26 Å². The van der Waals surface area contributed by atoms with E-state index in [-0.39, 0.29) is 17.9 Å². The molecule has 0 aliphatic rings. The van der Waals surface area contributed by atoms with Crippen LogP contribution in [-0.4, -0.2) is 26.8 Å². The van der Waals surface area contributed by atoms with Crippen molar-refractivity contribution < 1.29 is 4.79 Å². The number of amides is 1. The minimum atomic E-state index is -0.393. The minimum absolute atomic E-state index is 0.0985. The highest BCUT2D eigenvalue weighted by atomic mass is 32.2. The second kappa shape index (κ2) is 8.08. The van der Waals surface area contributed by atoms with Crippen LogP contribution in [0.15, 0.2) is 9.13 Å². The van der Waals surface area contributed by atoms with Crippen LogP contribution in [0.2, 0.25) is 0 Å². The third-order valence-electron chi connectivity index (χ3n) is 3.44. The first-order valence-corrected chi connectivity index (χ1v) is 9.15. The molecule has 0 unspecified atom stereocenters. The molecule has 2 aromatic heterocycles. The lowest BCUT2D eigenvalue weighted by Crippen LogP contribution is -2.18. The van der Waals surface area contributed by atoms with Gasteiger partial charge in [-0.3, -0.25) is 9.59 Å². The van der Waals surface area contributed by atoms with Crippen molar-refractivity contribution in [1.82, 2.24) is 15.2 Å². The highest BCUT2D eigenvalue weighted by Gasteiger charge is 2.14. The largest absolute Gasteiger partial charge is 0.325 e. The number of rotatable bonds is 6. The van der Waals surface area contributed by atoms with Gasteiger partial charge in [-0.1, -0.05) is 30.0 Å². The van der Waals surface area contributed by atoms with Gasteiger partial charge in [-0.25, -0.2) is 0 Å². The van der Waals surface area contributed by atoms with Crippen LogP contribution < -0.4 is 10.9 Å². The molecule has 2 heterocycles. The van der Waals surface area contributed by atoms with Crippen LogP contribution in [-0.2, 0) is 11.2 Å². The number of carbonyl (C=O) groups is 1. The molecule has 0 aromatic carbocycles. The fourth-order valence-electron chi connectivity index (χ4n) is 2.28. The highest BCUT2D eigenvalue weighted by Crippen LogP contribution is 2.25. The Morgan fingerprint density at radius 3 is 2.83 bits per heavy atom. The first-order chi connectivity index (χ1) is 11.5. The summed E-state index contributed by atoms with van der Waals surface area (Å²) in [6.07, 6.45) is 0.665. The molecule has 0 fully saturated rings. The third-order valence-corrected chi connectivity index (χ3v) is 5.30. The number of nitriles is 1. The average molecular weight is 363 g/mol. The van der Waals surface area contributed by atoms with Gasteiger partial charge in [0.05, 0.1) is 0 Å². The number of hydrogen-bond donors (Lipinski definition) is 2. The number of aromatic nitrogens is 3. The molecule has 0 spiro atoms. The van der Waals surface area contributed by atoms with Crippen molar-refractivity contribution in [2.75, 3.05) is 11.1 Å². The standard InChI is InChI=1S/C15H17N5O2S2/c1-4-23-15-20-19-14(24-15)18-12(21)6-5-10-8(2)11(7-16)13(22)17-9(10)3/h4-6H2,1-3H3,(H,17,22)(H,18,19,21). The third kappa shape index (κ3) is 4.21. The van der Waals surface area contributed by atoms with Crippen LogP contribution in [0, 0.1) is 25.2 Å². The molecule has 2 N–H and O–H groups in total. The molecule has 9 heteroatoms. The van der Waals surface area contributed by atoms with Gasteiger partial charge >= 0.3 is 0 Å². The van der Waals surface area contributed by atoms with Crippen molar-refractivity contribution in [3.05, 3.63) is 32.7 Å². The zero-order valence-corrected chi connectivity index (χ0v) is 15.2. The number of aromatic amines is 1. The van der Waals surface area contributed by atoms with Crippen molar-refractivity contribution in [3.63, 3.8) is 0 Å². The van der Waals surface area contributed by atoms with Crippen molar-refractivity contribution in [3.8, 4) is 6.07 Å². The predicted octanol–water partition coefficient (Wildman–Crippen LogP) is 2.40. The molecule has 0 aliphatic heterocycles. The molecule has 0 atom stereocenters. The second-order valence-corrected chi connectivity index (χ2v) is 7.51. The number of pyridine rings is 1. The van der Waals surface area contributed by atoms with E-state index in [1.807, 2.05) is 13.0 Å². The zero-order valence-electron chi connectivity index (χ0n) is 13.6. The molecule has 1 amide bonds. The van der Waals surface area contributed by atoms with E-state index in [1.165, 1.54) is 11.3 Å². The molecule has 7 nitrogen and oxygen atoms in total. The molecule has 2 aromatic rings. The van der Waals surface area contributed by atoms with Gasteiger partial charge in [0.2, 0.25) is 11.0 Å². The van der Waals surface area contributed by atoms with Gasteiger partial charge in [-0.2, -0.15) is 5.26 Å². The Balaban J connectivity index is 2.04. The van der Waals surface area contributed by atoms with Crippen LogP contribution in [0.3, 0.4) is 0 Å². The number of anilines is 1. The van der Waals surface area contributed by atoms with E-state index in [0.29, 0.717) is 22.8 Å². The lowest BCUT2D eigenvalue weighted by molar-refractivity contribution is -0.116. The second-order valence-electron chi connectivity index (χ2n) is 5.02. The SMILES string of the molecule is CCSc1nnc(NC(=O)CCc2c(C)[nH]c(=O)c(C#N)c2C)s1. The molecule has 0 bridgehead atoms. The van der Waals surface area contributed by atoms with E-state index in [9.17, 15) is 9.59 Å². The van der Waals surface area contributed by atoms with Crippen LogP contribution >= 0.6 is 23.1 Å². The summed E-state index contributed by atoms with van der Waals surface area (Å²) < 4.78 is 0.818. The molecule has 2 rings (SSSR count). The molecule has 126 valence electrons. The first kappa shape index (κ1) is 18.2. The maximum absolute atomic E-state index is 12.1. The Kier molecular flexibility index (Phi) is 6.11. The highest BCUT2D eigenvalue weighted by molar-refractivity contribution is 8.01. The molecule has 24 heavy (non-hydrogen) atoms. The van der Waals surface area contributed by atoms with Crippen molar-refractivity contribution in [2.45, 2.75) is 38.0 Å². The van der Waals surface area contributed by atoms with Gasteiger partial charge in [0.15, 0.2) is 4.34 Å². The summed E-state index contributed by atoms with van der Waals surface area (Å²) in [5, 5.41) is 20.2. The van der Waals surface area contributed by atoms with Gasteiger partial charge in [-0.15, -0.1) is 10.2 Å². The van der Waals surface area contributed by atoms with E-state index in [1.54, 1.807) is 25.6 Å². The lowest BCUT2D eigenvalue weighted by atomic mass is 9.99. The van der Waals surface area contributed by atoms with Gasteiger partial charge < -0.3 is 10.3 Å². The van der Waals surface area contributed by atoms with Gasteiger partial charge in [0.25, 0.3) is 5.56 Å². The molecule has 0 saturated heterocycles. The fraction of sp³-hybridized carbons (Fsp3) is 0.400. The normalized spacial score (nSPS) is 10.4. The van der Waals surface area contributed by atoms with E-state index in [4.69, 9.17) is 5.26 Å². The monoisotopic (exact) mass is 363 g/mol. The van der Waals surface area contributed by atoms with E-state index < -0.39 is 5.56 Å². The van der Waals surface area contributed by atoms with E-state index in [0.717, 1.165) is 15.7 Å². The van der Waals surface area contributed by atoms with Crippen LogP contribution in [0.4, 0.5) is 5.13 Å². The average Bonchev–Trinajstić information content (AvgIpc) is 2.94. The Bertz CT molecular complexity index is 851. The smallest absolute Gasteiger partial charge is 0.266 e. The summed E-state index contributed by atoms with van der Waals surface area (Å²) in [5.74, 6) is 0.719. The summed E-state index contributed by atoms with van der Waals surface area (Å²) in [4.78, 5) is 26.4. The first-order valence-electron chi connectivity index (χ1n) is 7.34. The number of hydrogen-bond acceptors (Lipinski definition) is 7. The molecular formula is C15H17N5O2S2. The molecule has 0 saturated carbocycles. The Labute approximate surface area is 147 Å². The number of aryl methyl sites for hydroxylation is 1. The van der Waals surface area contributed by atoms with Crippen LogP contribution in [0.5, 0.6) is 0 Å². The zero-order chi connectivity index (χ0) is 17.7. The maximum atomic E-state index is 12.1. The summed E-state index contributed by atoms with van der Waals surface area (Å²) in [6.45, 7) is 5.52. The molecular weight excluding hydrogens is 346 g/mol. The molecule has 0 radical (unpaired) electrons. The number of H-pyrrole nitrogens is 1. The van der Waals surface area contributed by atoms with E-state index in [2.05, 4.69) is 20.5 Å². The molecule has 0 aliphatic carbocycles. The number of thioether (sulfide) groups is 1. The maximum Gasteiger partial charge on any atom is 0.266 e. The van der Waals surface area contributed by atoms with Gasteiger partial charge in [0, 0.05) is 12.1 Å². The Hall–Kier alpha value is -2.18. The van der Waals surface area contributed by atoms with Gasteiger partial charge in [-0.05, 0) is 37.1 Å². The van der Waals surface area contributed by atoms with Gasteiger partial charge in [0.1, 0.15) is 11.6 Å². The quantitative estimate of drug-likeness (QED) is 0.602. The van der Waals surface area contributed by atoms with Crippen molar-refractivity contribution >= 4 is 34.1 Å². The fourth-order valence-corrected chi connectivity index (χ4v) is 3.95. The topological polar surface area (TPSA) is 112 Å². The van der Waals surface area contributed by atoms with E-state index >= 15 is 0 Å². The lowest BCUT2D eigenvalue weighted by Gasteiger charge is -2.10. The summed E-state index contributed by atoms with van der Waals surface area (Å²) >= 11 is 2.91. The summed E-state index contributed by atoms with van der Waals surface area (Å²) in [6, 6.07) is 1.91. The Morgan fingerprint density at radius 1 is 1.42 bits per heavy atom. The number of nitrogens with zero attached hydrogens (tertiary/aromatic N) is 3. The Morgan fingerprint density at radius 2 is 2.17 bits per heavy atom. The summed E-state index contributed by atoms with van der Waals surface area (Å²) in [7, 11) is 0. The van der Waals surface area contributed by atoms with Crippen molar-refractivity contribution in [2.24, 2.45) is 0 Å². The minimum Gasteiger partial charge on any atom is -0.325 e. The van der Waals surface area contributed by atoms with Crippen LogP contribution in [0.1, 0.15) is 35.7 Å². The summed E-state index contributed by atoms with van der Waals surface area (Å²) in [5.41, 5.74) is 1.84. The van der Waals surface area contributed by atoms with Crippen LogP contribution in [0.25, 0.3) is 0 Å². The number of carbonyl (C=O) groups excluding carboxylic acids is 1. The predicted molar refractivity (Wildman–Crippen MR) is 94.5 cm³/mol. The number of nitrogens with one attached hydrogen (secondary N) is 2.